The number of fused-ring (bicyclic) bond motifs is 1. The first-order chi connectivity index (χ1) is 12.1. The number of thiophene rings is 1. The molecular weight excluding hydrogens is 352 g/mol. The molecule has 1 amide bonds. The predicted molar refractivity (Wildman–Crippen MR) is 104 cm³/mol. The number of hydrogen-bond donors (Lipinski definition) is 1. The van der Waals surface area contributed by atoms with E-state index in [-0.39, 0.29) is 5.91 Å². The maximum atomic E-state index is 12.7. The number of anilines is 2. The van der Waals surface area contributed by atoms with E-state index in [1.807, 2.05) is 5.38 Å². The Morgan fingerprint density at radius 1 is 1.20 bits per heavy atom. The maximum absolute atomic E-state index is 12.7. The summed E-state index contributed by atoms with van der Waals surface area (Å²) in [6, 6.07) is 0. The molecule has 0 spiro atoms. The number of aromatic nitrogens is 2. The zero-order valence-electron chi connectivity index (χ0n) is 14.7. The molecule has 0 saturated carbocycles. The average molecular weight is 377 g/mol. The Morgan fingerprint density at radius 3 is 2.76 bits per heavy atom. The SMILES string of the molecule is CC1CC(C)CN(c2nnc(NC(=O)c3csc4c3CCCC4)s2)C1. The normalized spacial score (nSPS) is 23.4. The van der Waals surface area contributed by atoms with Crippen LogP contribution in [0.5, 0.6) is 0 Å². The molecule has 2 atom stereocenters. The molecule has 0 aromatic carbocycles. The van der Waals surface area contributed by atoms with Crippen LogP contribution in [-0.4, -0.2) is 29.2 Å². The fraction of sp³-hybridized carbons (Fsp3) is 0.611. The molecule has 2 aromatic heterocycles. The van der Waals surface area contributed by atoms with Crippen LogP contribution in [0.1, 0.15) is 53.9 Å². The van der Waals surface area contributed by atoms with Crippen LogP contribution in [0.2, 0.25) is 0 Å². The van der Waals surface area contributed by atoms with Gasteiger partial charge in [0.2, 0.25) is 10.3 Å². The van der Waals surface area contributed by atoms with Gasteiger partial charge >= 0.3 is 0 Å². The van der Waals surface area contributed by atoms with E-state index < -0.39 is 0 Å². The Kier molecular flexibility index (Phi) is 4.78. The highest BCUT2D eigenvalue weighted by Gasteiger charge is 2.25. The molecule has 25 heavy (non-hydrogen) atoms. The van der Waals surface area contributed by atoms with Gasteiger partial charge in [0.05, 0.1) is 5.56 Å². The Labute approximate surface area is 156 Å². The summed E-state index contributed by atoms with van der Waals surface area (Å²) in [6.45, 7) is 6.61. The van der Waals surface area contributed by atoms with E-state index in [9.17, 15) is 4.79 Å². The summed E-state index contributed by atoms with van der Waals surface area (Å²) >= 11 is 3.20. The first-order valence-electron chi connectivity index (χ1n) is 9.09. The monoisotopic (exact) mass is 376 g/mol. The number of carbonyl (C=O) groups excluding carboxylic acids is 1. The van der Waals surface area contributed by atoms with E-state index in [1.165, 1.54) is 41.0 Å². The minimum absolute atomic E-state index is 0.0394. The van der Waals surface area contributed by atoms with Gasteiger partial charge in [-0.3, -0.25) is 10.1 Å². The van der Waals surface area contributed by atoms with Crippen molar-refractivity contribution in [3.63, 3.8) is 0 Å². The van der Waals surface area contributed by atoms with Gasteiger partial charge in [-0.2, -0.15) is 0 Å². The van der Waals surface area contributed by atoms with Crippen LogP contribution < -0.4 is 10.2 Å². The third kappa shape index (κ3) is 3.58. The molecule has 4 rings (SSSR count). The van der Waals surface area contributed by atoms with Crippen molar-refractivity contribution in [3.05, 3.63) is 21.4 Å². The molecular formula is C18H24N4OS2. The zero-order chi connectivity index (χ0) is 17.4. The molecule has 2 unspecified atom stereocenters. The van der Waals surface area contributed by atoms with Crippen LogP contribution in [0.3, 0.4) is 0 Å². The van der Waals surface area contributed by atoms with Crippen molar-refractivity contribution in [2.45, 2.75) is 46.0 Å². The van der Waals surface area contributed by atoms with Crippen LogP contribution >= 0.6 is 22.7 Å². The van der Waals surface area contributed by atoms with E-state index in [0.717, 1.165) is 36.6 Å². The largest absolute Gasteiger partial charge is 0.346 e. The molecule has 3 heterocycles. The molecule has 7 heteroatoms. The summed E-state index contributed by atoms with van der Waals surface area (Å²) in [5.74, 6) is 1.30. The molecule has 0 radical (unpaired) electrons. The van der Waals surface area contributed by atoms with Gasteiger partial charge in [0, 0.05) is 23.3 Å². The van der Waals surface area contributed by atoms with Crippen LogP contribution in [0, 0.1) is 11.8 Å². The molecule has 5 nitrogen and oxygen atoms in total. The van der Waals surface area contributed by atoms with Gasteiger partial charge < -0.3 is 4.90 Å². The number of nitrogens with zero attached hydrogens (tertiary/aromatic N) is 3. The molecule has 1 aliphatic carbocycles. The van der Waals surface area contributed by atoms with Crippen LogP contribution in [-0.2, 0) is 12.8 Å². The summed E-state index contributed by atoms with van der Waals surface area (Å²) in [5.41, 5.74) is 2.08. The molecule has 1 N–H and O–H groups in total. The molecule has 134 valence electrons. The molecule has 2 aromatic rings. The highest BCUT2D eigenvalue weighted by Crippen LogP contribution is 2.32. The predicted octanol–water partition coefficient (Wildman–Crippen LogP) is 4.21. The van der Waals surface area contributed by atoms with Gasteiger partial charge in [-0.05, 0) is 49.5 Å². The highest BCUT2D eigenvalue weighted by molar-refractivity contribution is 7.19. The lowest BCUT2D eigenvalue weighted by Gasteiger charge is -2.34. The summed E-state index contributed by atoms with van der Waals surface area (Å²) < 4.78 is 0. The zero-order valence-corrected chi connectivity index (χ0v) is 16.4. The maximum Gasteiger partial charge on any atom is 0.258 e. The van der Waals surface area contributed by atoms with Crippen molar-refractivity contribution in [1.82, 2.24) is 10.2 Å². The second-order valence-electron chi connectivity index (χ2n) is 7.45. The molecule has 1 saturated heterocycles. The lowest BCUT2D eigenvalue weighted by molar-refractivity contribution is 0.102. The lowest BCUT2D eigenvalue weighted by atomic mass is 9.92. The first kappa shape index (κ1) is 17.0. The average Bonchev–Trinajstić information content (AvgIpc) is 3.20. The fourth-order valence-corrected chi connectivity index (χ4v) is 5.95. The van der Waals surface area contributed by atoms with Crippen molar-refractivity contribution in [3.8, 4) is 0 Å². The van der Waals surface area contributed by atoms with Crippen molar-refractivity contribution in [2.24, 2.45) is 11.8 Å². The third-order valence-corrected chi connectivity index (χ3v) is 7.07. The number of amides is 1. The molecule has 1 aliphatic heterocycles. The molecule has 2 aliphatic rings. The smallest absolute Gasteiger partial charge is 0.258 e. The van der Waals surface area contributed by atoms with Gasteiger partial charge in [0.25, 0.3) is 5.91 Å². The summed E-state index contributed by atoms with van der Waals surface area (Å²) in [7, 11) is 0. The Bertz CT molecular complexity index is 759. The van der Waals surface area contributed by atoms with E-state index in [0.29, 0.717) is 17.0 Å². The number of hydrogen-bond acceptors (Lipinski definition) is 6. The minimum atomic E-state index is -0.0394. The van der Waals surface area contributed by atoms with Crippen molar-refractivity contribution in [2.75, 3.05) is 23.3 Å². The van der Waals surface area contributed by atoms with Crippen LogP contribution in [0.4, 0.5) is 10.3 Å². The molecule has 1 fully saturated rings. The van der Waals surface area contributed by atoms with E-state index in [4.69, 9.17) is 0 Å². The molecule has 0 bridgehead atoms. The number of piperidine rings is 1. The van der Waals surface area contributed by atoms with Gasteiger partial charge in [-0.15, -0.1) is 21.5 Å². The Balaban J connectivity index is 1.46. The van der Waals surface area contributed by atoms with Gasteiger partial charge in [-0.25, -0.2) is 0 Å². The standard InChI is InChI=1S/C18H24N4OS2/c1-11-7-12(2)9-22(8-11)18-21-20-17(25-18)19-16(23)14-10-24-15-6-4-3-5-13(14)15/h10-12H,3-9H2,1-2H3,(H,19,20,23). The second-order valence-corrected chi connectivity index (χ2v) is 9.37. The Morgan fingerprint density at radius 2 is 1.96 bits per heavy atom. The first-order valence-corrected chi connectivity index (χ1v) is 10.8. The quantitative estimate of drug-likeness (QED) is 0.872. The Hall–Kier alpha value is -1.47. The summed E-state index contributed by atoms with van der Waals surface area (Å²) in [5, 5.41) is 15.0. The number of aryl methyl sites for hydroxylation is 1. The summed E-state index contributed by atoms with van der Waals surface area (Å²) in [4.78, 5) is 16.3. The van der Waals surface area contributed by atoms with Crippen molar-refractivity contribution in [1.29, 1.82) is 0 Å². The van der Waals surface area contributed by atoms with Crippen LogP contribution in [0.25, 0.3) is 0 Å². The van der Waals surface area contributed by atoms with Gasteiger partial charge in [0.1, 0.15) is 0 Å². The minimum Gasteiger partial charge on any atom is -0.346 e. The number of carbonyl (C=O) groups is 1. The fourth-order valence-electron chi connectivity index (χ4n) is 4.06. The van der Waals surface area contributed by atoms with E-state index >= 15 is 0 Å². The van der Waals surface area contributed by atoms with Gasteiger partial charge in [0.15, 0.2) is 0 Å². The summed E-state index contributed by atoms with van der Waals surface area (Å²) in [6.07, 6.45) is 5.82. The number of rotatable bonds is 3. The van der Waals surface area contributed by atoms with E-state index in [2.05, 4.69) is 34.3 Å². The van der Waals surface area contributed by atoms with Crippen molar-refractivity contribution < 1.29 is 4.79 Å². The van der Waals surface area contributed by atoms with Crippen molar-refractivity contribution >= 4 is 38.8 Å². The van der Waals surface area contributed by atoms with Crippen LogP contribution in [0.15, 0.2) is 5.38 Å². The van der Waals surface area contributed by atoms with E-state index in [1.54, 1.807) is 11.3 Å². The number of nitrogens with one attached hydrogen (secondary N) is 1. The van der Waals surface area contributed by atoms with Gasteiger partial charge in [-0.1, -0.05) is 25.2 Å². The highest BCUT2D eigenvalue weighted by atomic mass is 32.1. The topological polar surface area (TPSA) is 58.1 Å². The third-order valence-electron chi connectivity index (χ3n) is 5.08. The lowest BCUT2D eigenvalue weighted by Crippen LogP contribution is -2.38. The second kappa shape index (κ2) is 7.03.